The molecule has 4 amide bonds. The minimum Gasteiger partial charge on any atom is -0.480 e. The lowest BCUT2D eigenvalue weighted by molar-refractivity contribution is -0.145. The first-order valence-corrected chi connectivity index (χ1v) is 12.0. The summed E-state index contributed by atoms with van der Waals surface area (Å²) in [4.78, 5) is 69.9. The molecule has 1 aromatic heterocycles. The molecule has 4 unspecified atom stereocenters. The maximum Gasteiger partial charge on any atom is 0.326 e. The van der Waals surface area contributed by atoms with Gasteiger partial charge < -0.3 is 42.8 Å². The molecule has 14 heteroatoms. The number of H-pyrrole nitrogens is 1. The van der Waals surface area contributed by atoms with Gasteiger partial charge in [-0.3, -0.25) is 19.2 Å². The van der Waals surface area contributed by atoms with Gasteiger partial charge in [-0.05, 0) is 38.6 Å². The molecule has 0 aliphatic carbocycles. The molecule has 0 radical (unpaired) electrons. The van der Waals surface area contributed by atoms with E-state index in [-0.39, 0.29) is 25.8 Å². The van der Waals surface area contributed by atoms with Crippen LogP contribution in [0.4, 0.5) is 0 Å². The number of aromatic amines is 1. The van der Waals surface area contributed by atoms with Gasteiger partial charge in [0.2, 0.25) is 23.6 Å². The quantitative estimate of drug-likeness (QED) is 0.126. The van der Waals surface area contributed by atoms with Crippen LogP contribution in [0.25, 0.3) is 0 Å². The highest BCUT2D eigenvalue weighted by Crippen LogP contribution is 2.20. The van der Waals surface area contributed by atoms with Crippen molar-refractivity contribution in [2.75, 3.05) is 13.1 Å². The Morgan fingerprint density at radius 1 is 1.17 bits per heavy atom. The molecule has 0 bridgehead atoms. The molecular weight excluding hydrogens is 472 g/mol. The first-order chi connectivity index (χ1) is 17.1. The number of primary amides is 1. The second kappa shape index (κ2) is 14.1. The number of nitrogens with one attached hydrogen (secondary N) is 3. The number of carbonyl (C=O) groups is 5. The van der Waals surface area contributed by atoms with Crippen LogP contribution in [0.2, 0.25) is 0 Å². The molecular formula is C22H36N8O6. The number of hydrogen-bond acceptors (Lipinski definition) is 8. The summed E-state index contributed by atoms with van der Waals surface area (Å²) in [5, 5.41) is 14.5. The van der Waals surface area contributed by atoms with E-state index in [1.165, 1.54) is 17.4 Å². The van der Waals surface area contributed by atoms with Crippen LogP contribution in [0.1, 0.15) is 50.6 Å². The Morgan fingerprint density at radius 3 is 2.53 bits per heavy atom. The van der Waals surface area contributed by atoms with Gasteiger partial charge in [-0.15, -0.1) is 0 Å². The Labute approximate surface area is 208 Å². The fourth-order valence-electron chi connectivity index (χ4n) is 4.05. The van der Waals surface area contributed by atoms with Crippen molar-refractivity contribution in [2.45, 2.75) is 75.5 Å². The Kier molecular flexibility index (Phi) is 11.3. The number of amides is 4. The predicted octanol–water partition coefficient (Wildman–Crippen LogP) is -2.28. The van der Waals surface area contributed by atoms with Gasteiger partial charge in [0, 0.05) is 31.3 Å². The van der Waals surface area contributed by atoms with Gasteiger partial charge in [0.1, 0.15) is 18.1 Å². The maximum absolute atomic E-state index is 13.5. The van der Waals surface area contributed by atoms with Crippen LogP contribution in [0.5, 0.6) is 0 Å². The highest BCUT2D eigenvalue weighted by atomic mass is 16.4. The molecule has 10 N–H and O–H groups in total. The minimum absolute atomic E-state index is 0.0985. The van der Waals surface area contributed by atoms with Crippen molar-refractivity contribution in [1.82, 2.24) is 25.5 Å². The van der Waals surface area contributed by atoms with Crippen molar-refractivity contribution >= 4 is 29.6 Å². The molecule has 14 nitrogen and oxygen atoms in total. The maximum atomic E-state index is 13.5. The third-order valence-corrected chi connectivity index (χ3v) is 6.03. The molecule has 36 heavy (non-hydrogen) atoms. The van der Waals surface area contributed by atoms with Crippen molar-refractivity contribution in [3.63, 3.8) is 0 Å². The van der Waals surface area contributed by atoms with E-state index in [0.29, 0.717) is 37.9 Å². The predicted molar refractivity (Wildman–Crippen MR) is 128 cm³/mol. The van der Waals surface area contributed by atoms with Gasteiger partial charge in [0.05, 0.1) is 12.4 Å². The first-order valence-electron chi connectivity index (χ1n) is 12.0. The van der Waals surface area contributed by atoms with E-state index < -0.39 is 53.8 Å². The van der Waals surface area contributed by atoms with Gasteiger partial charge in [-0.1, -0.05) is 6.42 Å². The number of likely N-dealkylation sites (tertiary alicyclic amines) is 1. The normalized spacial score (nSPS) is 17.7. The van der Waals surface area contributed by atoms with Gasteiger partial charge >= 0.3 is 5.97 Å². The monoisotopic (exact) mass is 508 g/mol. The summed E-state index contributed by atoms with van der Waals surface area (Å²) in [6, 6.07) is -4.09. The molecule has 1 aliphatic rings. The smallest absolute Gasteiger partial charge is 0.326 e. The molecule has 4 atom stereocenters. The van der Waals surface area contributed by atoms with Crippen molar-refractivity contribution in [1.29, 1.82) is 0 Å². The average molecular weight is 509 g/mol. The largest absolute Gasteiger partial charge is 0.480 e. The van der Waals surface area contributed by atoms with E-state index in [1.807, 2.05) is 0 Å². The second-order valence-electron chi connectivity index (χ2n) is 8.83. The van der Waals surface area contributed by atoms with Gasteiger partial charge in [-0.2, -0.15) is 0 Å². The highest BCUT2D eigenvalue weighted by Gasteiger charge is 2.39. The molecule has 1 saturated heterocycles. The Balaban J connectivity index is 2.12. The van der Waals surface area contributed by atoms with Crippen LogP contribution in [-0.4, -0.2) is 86.8 Å². The van der Waals surface area contributed by atoms with Crippen LogP contribution < -0.4 is 27.8 Å². The van der Waals surface area contributed by atoms with Crippen molar-refractivity contribution < 1.29 is 29.1 Å². The Morgan fingerprint density at radius 2 is 1.92 bits per heavy atom. The third-order valence-electron chi connectivity index (χ3n) is 6.03. The van der Waals surface area contributed by atoms with Crippen molar-refractivity contribution in [3.8, 4) is 0 Å². The van der Waals surface area contributed by atoms with E-state index in [1.54, 1.807) is 0 Å². The van der Waals surface area contributed by atoms with Crippen molar-refractivity contribution in [2.24, 2.45) is 17.2 Å². The summed E-state index contributed by atoms with van der Waals surface area (Å²) in [5.74, 6) is -3.64. The molecule has 0 aromatic carbocycles. The van der Waals surface area contributed by atoms with Crippen LogP contribution in [0, 0.1) is 0 Å². The van der Waals surface area contributed by atoms with Crippen LogP contribution in [0.3, 0.4) is 0 Å². The molecule has 1 aliphatic heterocycles. The van der Waals surface area contributed by atoms with Gasteiger partial charge in [0.15, 0.2) is 0 Å². The zero-order valence-electron chi connectivity index (χ0n) is 20.2. The number of nitrogens with zero attached hydrogens (tertiary/aromatic N) is 2. The molecule has 0 saturated carbocycles. The fraction of sp³-hybridized carbons (Fsp3) is 0.636. The molecule has 1 fully saturated rings. The third kappa shape index (κ3) is 8.61. The lowest BCUT2D eigenvalue weighted by Crippen LogP contribution is -2.57. The SMILES string of the molecule is NCCCCC(N)C(=O)NC(Cc1cnc[nH]1)C(=O)N1CCCC1C(=O)NC(CCC(N)=O)C(=O)O. The first kappa shape index (κ1) is 28.7. The van der Waals surface area contributed by atoms with Crippen LogP contribution in [0.15, 0.2) is 12.5 Å². The molecule has 200 valence electrons. The standard InChI is InChI=1S/C22H36N8O6/c23-8-2-1-4-14(24)19(32)29-16(10-13-11-26-12-27-13)21(34)30-9-3-5-17(30)20(33)28-15(22(35)36)6-7-18(25)31/h11-12,14-17H,1-10,23-24H2,(H2,25,31)(H,26,27)(H,28,33)(H,29,32)(H,35,36). The fourth-order valence-corrected chi connectivity index (χ4v) is 4.05. The number of carboxylic acids is 1. The number of aliphatic carboxylic acids is 1. The minimum atomic E-state index is -1.32. The zero-order valence-corrected chi connectivity index (χ0v) is 20.2. The van der Waals surface area contributed by atoms with Gasteiger partial charge in [-0.25, -0.2) is 9.78 Å². The lowest BCUT2D eigenvalue weighted by Gasteiger charge is -2.30. The zero-order chi connectivity index (χ0) is 26.7. The number of hydrogen-bond donors (Lipinski definition) is 7. The number of unbranched alkanes of at least 4 members (excludes halogenated alkanes) is 1. The highest BCUT2D eigenvalue weighted by molar-refractivity contribution is 5.94. The number of imidazole rings is 1. The number of rotatable bonds is 15. The van der Waals surface area contributed by atoms with E-state index in [0.717, 1.165) is 6.42 Å². The molecule has 2 heterocycles. The van der Waals surface area contributed by atoms with E-state index in [9.17, 15) is 29.1 Å². The van der Waals surface area contributed by atoms with E-state index in [2.05, 4.69) is 20.6 Å². The van der Waals surface area contributed by atoms with Crippen LogP contribution >= 0.6 is 0 Å². The molecule has 2 rings (SSSR count). The Hall–Kier alpha value is -3.52. The summed E-state index contributed by atoms with van der Waals surface area (Å²) in [6.45, 7) is 0.743. The number of nitrogens with two attached hydrogens (primary N) is 3. The summed E-state index contributed by atoms with van der Waals surface area (Å²) in [7, 11) is 0. The second-order valence-corrected chi connectivity index (χ2v) is 8.83. The molecule has 0 spiro atoms. The van der Waals surface area contributed by atoms with E-state index in [4.69, 9.17) is 17.2 Å². The summed E-state index contributed by atoms with van der Waals surface area (Å²) in [5.41, 5.74) is 17.2. The Bertz CT molecular complexity index is 908. The summed E-state index contributed by atoms with van der Waals surface area (Å²) < 4.78 is 0. The topological polar surface area (TPSA) is 240 Å². The summed E-state index contributed by atoms with van der Waals surface area (Å²) in [6.07, 6.45) is 5.32. The van der Waals surface area contributed by atoms with Crippen molar-refractivity contribution in [3.05, 3.63) is 18.2 Å². The van der Waals surface area contributed by atoms with E-state index >= 15 is 0 Å². The lowest BCUT2D eigenvalue weighted by atomic mass is 10.1. The average Bonchev–Trinajstić information content (AvgIpc) is 3.52. The van der Waals surface area contributed by atoms with Crippen LogP contribution in [-0.2, 0) is 30.4 Å². The molecule has 1 aromatic rings. The van der Waals surface area contributed by atoms with Gasteiger partial charge in [0.25, 0.3) is 0 Å². The number of carbonyl (C=O) groups excluding carboxylic acids is 4. The number of carboxylic acid groups (broad SMARTS) is 1. The number of aromatic nitrogens is 2. The summed E-state index contributed by atoms with van der Waals surface area (Å²) >= 11 is 0.